The van der Waals surface area contributed by atoms with Crippen LogP contribution >= 0.6 is 15.9 Å². The summed E-state index contributed by atoms with van der Waals surface area (Å²) in [6.45, 7) is 3.69. The molecule has 17 heavy (non-hydrogen) atoms. The van der Waals surface area contributed by atoms with Crippen LogP contribution in [-0.4, -0.2) is 25.0 Å². The first-order valence-corrected chi connectivity index (χ1v) is 6.82. The Morgan fingerprint density at radius 1 is 1.41 bits per heavy atom. The summed E-state index contributed by atoms with van der Waals surface area (Å²) in [5.41, 5.74) is 0.987. The summed E-state index contributed by atoms with van der Waals surface area (Å²) < 4.78 is 1.04. The average Bonchev–Trinajstić information content (AvgIpc) is 2.34. The second kappa shape index (κ2) is 5.65. The van der Waals surface area contributed by atoms with E-state index in [0.717, 1.165) is 36.1 Å². The molecule has 2 rings (SSSR count). The van der Waals surface area contributed by atoms with E-state index in [2.05, 4.69) is 21.2 Å². The molecule has 0 aliphatic carbocycles. The Morgan fingerprint density at radius 3 is 2.76 bits per heavy atom. The molecule has 1 heterocycles. The van der Waals surface area contributed by atoms with E-state index in [-0.39, 0.29) is 11.9 Å². The normalized spacial score (nSPS) is 20.7. The number of rotatable bonds is 3. The molecule has 3 nitrogen and oxygen atoms in total. The van der Waals surface area contributed by atoms with Crippen molar-refractivity contribution in [3.8, 4) is 0 Å². The Kier molecular flexibility index (Phi) is 4.18. The molecule has 1 amide bonds. The maximum Gasteiger partial charge on any atom is 0.244 e. The van der Waals surface area contributed by atoms with Crippen LogP contribution in [0.2, 0.25) is 0 Å². The average molecular weight is 297 g/mol. The fraction of sp³-hybridized carbons (Fsp3) is 0.462. The fourth-order valence-corrected chi connectivity index (χ4v) is 2.45. The van der Waals surface area contributed by atoms with Gasteiger partial charge in [0.05, 0.1) is 6.04 Å². The monoisotopic (exact) mass is 296 g/mol. The van der Waals surface area contributed by atoms with E-state index in [9.17, 15) is 4.79 Å². The van der Waals surface area contributed by atoms with Gasteiger partial charge in [0.1, 0.15) is 0 Å². The zero-order valence-electron chi connectivity index (χ0n) is 9.95. The molecular formula is C13H17BrN2O. The molecule has 1 aromatic rings. The van der Waals surface area contributed by atoms with Gasteiger partial charge in [0.2, 0.25) is 5.91 Å². The van der Waals surface area contributed by atoms with E-state index in [1.165, 1.54) is 0 Å². The number of carbonyl (C=O) groups is 1. The van der Waals surface area contributed by atoms with Crippen molar-refractivity contribution < 1.29 is 4.79 Å². The third-order valence-electron chi connectivity index (χ3n) is 3.03. The number of likely N-dealkylation sites (N-methyl/N-ethyl adjacent to an activating group) is 1. The van der Waals surface area contributed by atoms with Crippen molar-refractivity contribution in [1.82, 2.24) is 5.32 Å². The van der Waals surface area contributed by atoms with Gasteiger partial charge in [-0.2, -0.15) is 0 Å². The van der Waals surface area contributed by atoms with E-state index in [4.69, 9.17) is 0 Å². The number of hydrogen-bond donors (Lipinski definition) is 1. The van der Waals surface area contributed by atoms with Crippen LogP contribution in [-0.2, 0) is 4.79 Å². The lowest BCUT2D eigenvalue weighted by Gasteiger charge is -2.32. The summed E-state index contributed by atoms with van der Waals surface area (Å²) in [5.74, 6) is 0.195. The Morgan fingerprint density at radius 2 is 2.12 bits per heavy atom. The molecule has 0 spiro atoms. The number of amides is 1. The zero-order valence-corrected chi connectivity index (χ0v) is 11.5. The molecule has 1 fully saturated rings. The second-order valence-corrected chi connectivity index (χ2v) is 5.13. The van der Waals surface area contributed by atoms with Crippen molar-refractivity contribution >= 4 is 27.5 Å². The van der Waals surface area contributed by atoms with Gasteiger partial charge >= 0.3 is 0 Å². The van der Waals surface area contributed by atoms with Crippen molar-refractivity contribution in [3.05, 3.63) is 28.7 Å². The highest BCUT2D eigenvalue weighted by atomic mass is 79.9. The second-order valence-electron chi connectivity index (χ2n) is 4.22. The lowest BCUT2D eigenvalue weighted by Crippen LogP contribution is -2.50. The predicted molar refractivity (Wildman–Crippen MR) is 73.2 cm³/mol. The summed E-state index contributed by atoms with van der Waals surface area (Å²) in [4.78, 5) is 14.1. The Hall–Kier alpha value is -0.870. The largest absolute Gasteiger partial charge is 0.311 e. The van der Waals surface area contributed by atoms with Gasteiger partial charge in [-0.05, 0) is 43.7 Å². The van der Waals surface area contributed by atoms with Crippen molar-refractivity contribution in [2.45, 2.75) is 25.8 Å². The summed E-state index contributed by atoms with van der Waals surface area (Å²) >= 11 is 3.41. The first kappa shape index (κ1) is 12.6. The molecule has 1 aliphatic heterocycles. The van der Waals surface area contributed by atoms with Crippen LogP contribution in [0.3, 0.4) is 0 Å². The molecule has 0 saturated carbocycles. The zero-order chi connectivity index (χ0) is 12.3. The number of nitrogens with one attached hydrogen (secondary N) is 1. The quantitative estimate of drug-likeness (QED) is 0.930. The molecule has 0 aromatic heterocycles. The number of hydrogen-bond acceptors (Lipinski definition) is 2. The third kappa shape index (κ3) is 2.87. The molecular weight excluding hydrogens is 280 g/mol. The van der Waals surface area contributed by atoms with Gasteiger partial charge in [-0.3, -0.25) is 4.79 Å². The van der Waals surface area contributed by atoms with Crippen LogP contribution in [0.5, 0.6) is 0 Å². The van der Waals surface area contributed by atoms with Gasteiger partial charge in [-0.1, -0.05) is 22.9 Å². The van der Waals surface area contributed by atoms with E-state index in [1.54, 1.807) is 0 Å². The minimum Gasteiger partial charge on any atom is -0.311 e. The van der Waals surface area contributed by atoms with Crippen LogP contribution < -0.4 is 10.2 Å². The van der Waals surface area contributed by atoms with Crippen molar-refractivity contribution in [1.29, 1.82) is 0 Å². The highest BCUT2D eigenvalue weighted by molar-refractivity contribution is 9.10. The van der Waals surface area contributed by atoms with Gasteiger partial charge in [0.15, 0.2) is 0 Å². The summed E-state index contributed by atoms with van der Waals surface area (Å²) in [6, 6.07) is 7.89. The highest BCUT2D eigenvalue weighted by Crippen LogP contribution is 2.23. The van der Waals surface area contributed by atoms with E-state index < -0.39 is 0 Å². The number of nitrogens with zero attached hydrogens (tertiary/aromatic N) is 1. The molecule has 1 atom stereocenters. The van der Waals surface area contributed by atoms with Gasteiger partial charge in [0.25, 0.3) is 0 Å². The maximum absolute atomic E-state index is 12.3. The minimum absolute atomic E-state index is 0.0163. The molecule has 1 aliphatic rings. The number of piperidine rings is 1. The van der Waals surface area contributed by atoms with Gasteiger partial charge in [0, 0.05) is 16.7 Å². The lowest BCUT2D eigenvalue weighted by atomic mass is 10.0. The smallest absolute Gasteiger partial charge is 0.244 e. The SMILES string of the molecule is CCNC1CCCN(c2ccc(Br)cc2)C1=O. The van der Waals surface area contributed by atoms with E-state index in [0.29, 0.717) is 0 Å². The molecule has 1 N–H and O–H groups in total. The van der Waals surface area contributed by atoms with E-state index in [1.807, 2.05) is 36.1 Å². The minimum atomic E-state index is -0.0163. The number of benzene rings is 1. The number of anilines is 1. The number of halogens is 1. The van der Waals surface area contributed by atoms with Crippen molar-refractivity contribution in [3.63, 3.8) is 0 Å². The Bertz CT molecular complexity index is 389. The standard InChI is InChI=1S/C13H17BrN2O/c1-2-15-12-4-3-9-16(13(12)17)11-7-5-10(14)6-8-11/h5-8,12,15H,2-4,9H2,1H3. The molecule has 1 unspecified atom stereocenters. The van der Waals surface area contributed by atoms with E-state index >= 15 is 0 Å². The van der Waals surface area contributed by atoms with Crippen LogP contribution in [0.15, 0.2) is 28.7 Å². The first-order valence-electron chi connectivity index (χ1n) is 6.02. The maximum atomic E-state index is 12.3. The van der Waals surface area contributed by atoms with Crippen LogP contribution in [0.25, 0.3) is 0 Å². The van der Waals surface area contributed by atoms with Crippen LogP contribution in [0.1, 0.15) is 19.8 Å². The number of carbonyl (C=O) groups excluding carboxylic acids is 1. The summed E-state index contributed by atoms with van der Waals surface area (Å²) in [7, 11) is 0. The summed E-state index contributed by atoms with van der Waals surface area (Å²) in [6.07, 6.45) is 2.00. The first-order chi connectivity index (χ1) is 8.22. The molecule has 1 aromatic carbocycles. The summed E-state index contributed by atoms with van der Waals surface area (Å²) in [5, 5.41) is 3.24. The van der Waals surface area contributed by atoms with Crippen LogP contribution in [0, 0.1) is 0 Å². The van der Waals surface area contributed by atoms with Gasteiger partial charge in [-0.25, -0.2) is 0 Å². The van der Waals surface area contributed by atoms with Crippen LogP contribution in [0.4, 0.5) is 5.69 Å². The third-order valence-corrected chi connectivity index (χ3v) is 3.56. The highest BCUT2D eigenvalue weighted by Gasteiger charge is 2.28. The molecule has 4 heteroatoms. The molecule has 0 radical (unpaired) electrons. The predicted octanol–water partition coefficient (Wildman–Crippen LogP) is 2.55. The van der Waals surface area contributed by atoms with Gasteiger partial charge < -0.3 is 10.2 Å². The lowest BCUT2D eigenvalue weighted by molar-refractivity contribution is -0.121. The molecule has 0 bridgehead atoms. The van der Waals surface area contributed by atoms with Crippen molar-refractivity contribution in [2.24, 2.45) is 0 Å². The van der Waals surface area contributed by atoms with Gasteiger partial charge in [-0.15, -0.1) is 0 Å². The van der Waals surface area contributed by atoms with Crippen molar-refractivity contribution in [2.75, 3.05) is 18.0 Å². The Balaban J connectivity index is 2.14. The topological polar surface area (TPSA) is 32.3 Å². The molecule has 92 valence electrons. The fourth-order valence-electron chi connectivity index (χ4n) is 2.19. The Labute approximate surface area is 110 Å². The molecule has 1 saturated heterocycles.